The summed E-state index contributed by atoms with van der Waals surface area (Å²) < 4.78 is 0.968. The predicted octanol–water partition coefficient (Wildman–Crippen LogP) is 3.25. The molecule has 0 spiro atoms. The minimum atomic E-state index is -0.215. The first-order valence-corrected chi connectivity index (χ1v) is 7.50. The number of halogens is 1. The van der Waals surface area contributed by atoms with E-state index in [-0.39, 0.29) is 18.4 Å². The molecule has 110 valence electrons. The van der Waals surface area contributed by atoms with Crippen LogP contribution >= 0.6 is 15.9 Å². The number of aryl methyl sites for hydroxylation is 1. The van der Waals surface area contributed by atoms with Gasteiger partial charge in [-0.2, -0.15) is 0 Å². The van der Waals surface area contributed by atoms with E-state index in [1.165, 1.54) is 0 Å². The molecule has 0 unspecified atom stereocenters. The molecule has 1 aromatic rings. The van der Waals surface area contributed by atoms with Gasteiger partial charge in [0.05, 0.1) is 6.54 Å². The molecule has 20 heavy (non-hydrogen) atoms. The summed E-state index contributed by atoms with van der Waals surface area (Å²) in [4.78, 5) is 23.3. The maximum atomic E-state index is 11.8. The Kier molecular flexibility index (Phi) is 6.71. The van der Waals surface area contributed by atoms with Crippen LogP contribution in [-0.2, 0) is 9.59 Å². The lowest BCUT2D eigenvalue weighted by molar-refractivity contribution is -0.124. The van der Waals surface area contributed by atoms with Crippen molar-refractivity contribution in [1.82, 2.24) is 5.32 Å². The highest BCUT2D eigenvalue weighted by Gasteiger charge is 2.08. The molecular formula is C15H21BrN2O2. The van der Waals surface area contributed by atoms with Crippen molar-refractivity contribution in [2.75, 3.05) is 11.9 Å². The molecule has 1 rings (SSSR count). The fourth-order valence-corrected chi connectivity index (χ4v) is 2.12. The Labute approximate surface area is 128 Å². The van der Waals surface area contributed by atoms with E-state index in [0.717, 1.165) is 22.1 Å². The Morgan fingerprint density at radius 3 is 2.55 bits per heavy atom. The van der Waals surface area contributed by atoms with Gasteiger partial charge in [0.1, 0.15) is 0 Å². The summed E-state index contributed by atoms with van der Waals surface area (Å²) in [6.07, 6.45) is 1.29. The highest BCUT2D eigenvalue weighted by atomic mass is 79.9. The minimum Gasteiger partial charge on any atom is -0.347 e. The Morgan fingerprint density at radius 2 is 1.95 bits per heavy atom. The van der Waals surface area contributed by atoms with Crippen molar-refractivity contribution in [3.63, 3.8) is 0 Å². The molecule has 1 aromatic carbocycles. The zero-order valence-electron chi connectivity index (χ0n) is 12.1. The molecule has 0 aliphatic heterocycles. The molecule has 0 heterocycles. The largest absolute Gasteiger partial charge is 0.347 e. The summed E-state index contributed by atoms with van der Waals surface area (Å²) in [5, 5.41) is 5.41. The van der Waals surface area contributed by atoms with Crippen molar-refractivity contribution in [3.05, 3.63) is 28.2 Å². The van der Waals surface area contributed by atoms with E-state index in [1.807, 2.05) is 25.1 Å². The molecule has 4 nitrogen and oxygen atoms in total. The van der Waals surface area contributed by atoms with Crippen molar-refractivity contribution >= 4 is 33.4 Å². The van der Waals surface area contributed by atoms with Gasteiger partial charge in [-0.3, -0.25) is 9.59 Å². The Bertz CT molecular complexity index is 487. The molecule has 0 aliphatic rings. The van der Waals surface area contributed by atoms with Crippen molar-refractivity contribution in [2.24, 2.45) is 5.92 Å². The van der Waals surface area contributed by atoms with Crippen LogP contribution in [0.15, 0.2) is 22.7 Å². The maximum Gasteiger partial charge on any atom is 0.243 e. The van der Waals surface area contributed by atoms with E-state index in [0.29, 0.717) is 12.3 Å². The number of anilines is 1. The third-order valence-corrected chi connectivity index (χ3v) is 3.35. The molecule has 0 saturated carbocycles. The maximum absolute atomic E-state index is 11.8. The molecular weight excluding hydrogens is 320 g/mol. The zero-order chi connectivity index (χ0) is 15.1. The zero-order valence-corrected chi connectivity index (χ0v) is 13.7. The van der Waals surface area contributed by atoms with Gasteiger partial charge in [-0.15, -0.1) is 0 Å². The van der Waals surface area contributed by atoms with Crippen LogP contribution in [0.5, 0.6) is 0 Å². The molecule has 0 fully saturated rings. The summed E-state index contributed by atoms with van der Waals surface area (Å²) in [6, 6.07) is 5.62. The van der Waals surface area contributed by atoms with Crippen LogP contribution in [0.4, 0.5) is 5.69 Å². The van der Waals surface area contributed by atoms with E-state index in [1.54, 1.807) is 0 Å². The summed E-state index contributed by atoms with van der Waals surface area (Å²) in [6.45, 7) is 6.06. The Hall–Kier alpha value is -1.36. The number of benzene rings is 1. The van der Waals surface area contributed by atoms with Gasteiger partial charge in [0.25, 0.3) is 0 Å². The summed E-state index contributed by atoms with van der Waals surface area (Å²) in [5.41, 5.74) is 1.73. The van der Waals surface area contributed by atoms with Gasteiger partial charge < -0.3 is 10.6 Å². The van der Waals surface area contributed by atoms with Crippen LogP contribution in [0.1, 0.15) is 32.3 Å². The Morgan fingerprint density at radius 1 is 1.25 bits per heavy atom. The first-order chi connectivity index (χ1) is 9.38. The van der Waals surface area contributed by atoms with E-state index in [4.69, 9.17) is 0 Å². The lowest BCUT2D eigenvalue weighted by atomic mass is 10.1. The first-order valence-electron chi connectivity index (χ1n) is 6.71. The van der Waals surface area contributed by atoms with Crippen LogP contribution in [-0.4, -0.2) is 18.4 Å². The lowest BCUT2D eigenvalue weighted by Crippen LogP contribution is -2.33. The number of carbonyl (C=O) groups excluding carboxylic acids is 2. The number of nitrogens with one attached hydrogen (secondary N) is 2. The number of hydrogen-bond acceptors (Lipinski definition) is 2. The minimum absolute atomic E-state index is 0.00638. The van der Waals surface area contributed by atoms with Gasteiger partial charge >= 0.3 is 0 Å². The van der Waals surface area contributed by atoms with E-state index < -0.39 is 0 Å². The van der Waals surface area contributed by atoms with Gasteiger partial charge in [0.2, 0.25) is 11.8 Å². The van der Waals surface area contributed by atoms with Crippen LogP contribution in [0, 0.1) is 12.8 Å². The van der Waals surface area contributed by atoms with E-state index in [9.17, 15) is 9.59 Å². The van der Waals surface area contributed by atoms with Crippen molar-refractivity contribution in [3.8, 4) is 0 Å². The third kappa shape index (κ3) is 6.19. The monoisotopic (exact) mass is 340 g/mol. The fourth-order valence-electron chi connectivity index (χ4n) is 1.65. The van der Waals surface area contributed by atoms with Gasteiger partial charge in [-0.25, -0.2) is 0 Å². The third-order valence-electron chi connectivity index (χ3n) is 2.86. The number of hydrogen-bond donors (Lipinski definition) is 2. The van der Waals surface area contributed by atoms with Crippen molar-refractivity contribution in [1.29, 1.82) is 0 Å². The highest BCUT2D eigenvalue weighted by Crippen LogP contribution is 2.19. The van der Waals surface area contributed by atoms with Crippen molar-refractivity contribution in [2.45, 2.75) is 33.6 Å². The smallest absolute Gasteiger partial charge is 0.243 e. The quantitative estimate of drug-likeness (QED) is 0.834. The molecule has 0 bridgehead atoms. The Balaban J connectivity index is 2.38. The van der Waals surface area contributed by atoms with Crippen LogP contribution in [0.2, 0.25) is 0 Å². The van der Waals surface area contributed by atoms with E-state index >= 15 is 0 Å². The van der Waals surface area contributed by atoms with Gasteiger partial charge in [-0.05, 0) is 43.0 Å². The van der Waals surface area contributed by atoms with Crippen molar-refractivity contribution < 1.29 is 9.59 Å². The first kappa shape index (κ1) is 16.7. The summed E-state index contributed by atoms with van der Waals surface area (Å²) >= 11 is 3.37. The molecule has 0 aromatic heterocycles. The van der Waals surface area contributed by atoms with Gasteiger partial charge in [0.15, 0.2) is 0 Å². The number of carbonyl (C=O) groups is 2. The van der Waals surface area contributed by atoms with E-state index in [2.05, 4.69) is 40.4 Å². The normalized spacial score (nSPS) is 10.4. The second-order valence-corrected chi connectivity index (χ2v) is 6.13. The van der Waals surface area contributed by atoms with Crippen LogP contribution in [0.25, 0.3) is 0 Å². The number of rotatable bonds is 6. The molecule has 2 amide bonds. The fraction of sp³-hybridized carbons (Fsp3) is 0.467. The lowest BCUT2D eigenvalue weighted by Gasteiger charge is -2.10. The molecule has 0 saturated heterocycles. The van der Waals surface area contributed by atoms with Crippen LogP contribution < -0.4 is 10.6 Å². The highest BCUT2D eigenvalue weighted by molar-refractivity contribution is 9.10. The second-order valence-electron chi connectivity index (χ2n) is 5.22. The van der Waals surface area contributed by atoms with Gasteiger partial charge in [0, 0.05) is 16.6 Å². The predicted molar refractivity (Wildman–Crippen MR) is 84.6 cm³/mol. The standard InChI is InChI=1S/C15H21BrN2O2/c1-10(2)4-7-14(19)17-9-15(20)18-13-6-5-12(16)8-11(13)3/h5-6,8,10H,4,7,9H2,1-3H3,(H,17,19)(H,18,20). The second kappa shape index (κ2) is 8.04. The average molecular weight is 341 g/mol. The summed E-state index contributed by atoms with van der Waals surface area (Å²) in [7, 11) is 0. The molecule has 5 heteroatoms. The summed E-state index contributed by atoms with van der Waals surface area (Å²) in [5.74, 6) is 0.190. The molecule has 0 aliphatic carbocycles. The van der Waals surface area contributed by atoms with Crippen LogP contribution in [0.3, 0.4) is 0 Å². The average Bonchev–Trinajstić information content (AvgIpc) is 2.37. The topological polar surface area (TPSA) is 58.2 Å². The molecule has 2 N–H and O–H groups in total. The number of amides is 2. The van der Waals surface area contributed by atoms with Gasteiger partial charge in [-0.1, -0.05) is 29.8 Å². The molecule has 0 atom stereocenters. The SMILES string of the molecule is Cc1cc(Br)ccc1NC(=O)CNC(=O)CCC(C)C. The molecule has 0 radical (unpaired) electrons.